The highest BCUT2D eigenvalue weighted by atomic mass is 32.1. The molecule has 0 saturated carbocycles. The molecule has 3 heterocycles. The van der Waals surface area contributed by atoms with Crippen LogP contribution in [-0.2, 0) is 9.53 Å². The summed E-state index contributed by atoms with van der Waals surface area (Å²) >= 11 is 1.25. The van der Waals surface area contributed by atoms with Gasteiger partial charge in [0.1, 0.15) is 23.3 Å². The molecule has 0 bridgehead atoms. The van der Waals surface area contributed by atoms with Crippen molar-refractivity contribution >= 4 is 40.1 Å². The molecule has 0 spiro atoms. The molecule has 49 heavy (non-hydrogen) atoms. The van der Waals surface area contributed by atoms with Gasteiger partial charge in [0.05, 0.1) is 34.6 Å². The van der Waals surface area contributed by atoms with E-state index in [2.05, 4.69) is 0 Å². The molecular formula is C39H39N3O6S. The van der Waals surface area contributed by atoms with E-state index in [9.17, 15) is 14.4 Å². The lowest BCUT2D eigenvalue weighted by Gasteiger charge is -2.30. The Morgan fingerprint density at radius 2 is 1.80 bits per heavy atom. The number of amides is 1. The highest BCUT2D eigenvalue weighted by Crippen LogP contribution is 2.40. The first-order valence-electron chi connectivity index (χ1n) is 16.4. The van der Waals surface area contributed by atoms with Gasteiger partial charge in [-0.25, -0.2) is 9.79 Å². The number of hydrogen-bond donors (Lipinski definition) is 0. The Balaban J connectivity index is 1.49. The highest BCUT2D eigenvalue weighted by molar-refractivity contribution is 7.07. The van der Waals surface area contributed by atoms with Gasteiger partial charge in [-0.15, -0.1) is 0 Å². The van der Waals surface area contributed by atoms with Crippen molar-refractivity contribution in [2.75, 3.05) is 20.2 Å². The number of likely N-dealkylation sites (N-methyl/N-ethyl adjacent to an activating group) is 1. The average molecular weight is 678 g/mol. The van der Waals surface area contributed by atoms with Crippen LogP contribution in [0.4, 0.5) is 0 Å². The van der Waals surface area contributed by atoms with E-state index in [0.29, 0.717) is 56.5 Å². The topological polar surface area (TPSA) is 103 Å². The molecule has 252 valence electrons. The number of carbonyl (C=O) groups is 2. The molecule has 0 fully saturated rings. The Bertz CT molecular complexity index is 2300. The third-order valence-electron chi connectivity index (χ3n) is 8.70. The maximum absolute atomic E-state index is 14.4. The minimum atomic E-state index is -0.775. The number of rotatable bonds is 9. The van der Waals surface area contributed by atoms with E-state index in [4.69, 9.17) is 18.9 Å². The molecule has 0 aliphatic carbocycles. The zero-order valence-corrected chi connectivity index (χ0v) is 29.5. The smallest absolute Gasteiger partial charge is 0.338 e. The Kier molecular flexibility index (Phi) is 9.43. The van der Waals surface area contributed by atoms with Crippen molar-refractivity contribution in [1.29, 1.82) is 0 Å². The second kappa shape index (κ2) is 13.7. The summed E-state index contributed by atoms with van der Waals surface area (Å²) in [7, 11) is 1.60. The van der Waals surface area contributed by atoms with E-state index in [-0.39, 0.29) is 23.5 Å². The fraction of sp³-hybridized carbons (Fsp3) is 0.282. The number of aryl methyl sites for hydroxylation is 1. The standard InChI is InChI=1S/C39H39N3O6S/c1-8-41(9-2)37(44)33-24(6)40-39-42(35(33)34-29-13-11-10-12-25(29)15-18-31(34)46-7)36(43)32(49-39)21-27-16-19-30(48-27)28-17-14-26(20-23(28)5)38(45)47-22(3)4/h10-22,35H,8-9H2,1-7H3/b32-21-/t35-/m0/s1. The molecule has 5 aromatic rings. The number of ether oxygens (including phenoxy) is 2. The molecule has 1 aliphatic heterocycles. The van der Waals surface area contributed by atoms with Crippen LogP contribution in [0, 0.1) is 6.92 Å². The lowest BCUT2D eigenvalue weighted by Crippen LogP contribution is -2.43. The SMILES string of the molecule is CCN(CC)C(=O)C1=C(C)N=c2s/c(=C\c3ccc(-c4ccc(C(=O)OC(C)C)cc4C)o3)c(=O)n2[C@@H]1c1c(OC)ccc2ccccc12. The summed E-state index contributed by atoms with van der Waals surface area (Å²) in [6.07, 6.45) is 1.49. The quantitative estimate of drug-likeness (QED) is 0.167. The van der Waals surface area contributed by atoms with Gasteiger partial charge in [-0.3, -0.25) is 14.2 Å². The van der Waals surface area contributed by atoms with E-state index in [0.717, 1.165) is 27.5 Å². The molecule has 1 aliphatic rings. The molecule has 6 rings (SSSR count). The zero-order valence-electron chi connectivity index (χ0n) is 28.7. The number of fused-ring (bicyclic) bond motifs is 2. The second-order valence-electron chi connectivity index (χ2n) is 12.1. The van der Waals surface area contributed by atoms with Crippen LogP contribution in [0.2, 0.25) is 0 Å². The van der Waals surface area contributed by atoms with Gasteiger partial charge >= 0.3 is 5.97 Å². The third-order valence-corrected chi connectivity index (χ3v) is 9.68. The van der Waals surface area contributed by atoms with E-state index >= 15 is 0 Å². The molecular weight excluding hydrogens is 639 g/mol. The van der Waals surface area contributed by atoms with Crippen molar-refractivity contribution < 1.29 is 23.5 Å². The first-order chi connectivity index (χ1) is 23.6. The summed E-state index contributed by atoms with van der Waals surface area (Å²) in [6, 6.07) is 20.0. The molecule has 0 radical (unpaired) electrons. The summed E-state index contributed by atoms with van der Waals surface area (Å²) in [5, 5.41) is 1.85. The van der Waals surface area contributed by atoms with Gasteiger partial charge in [0.15, 0.2) is 4.80 Å². The first-order valence-corrected chi connectivity index (χ1v) is 17.2. The molecule has 10 heteroatoms. The number of thiazole rings is 1. The van der Waals surface area contributed by atoms with Gasteiger partial charge in [0.25, 0.3) is 11.5 Å². The molecule has 0 unspecified atom stereocenters. The number of allylic oxidation sites excluding steroid dienone is 1. The van der Waals surface area contributed by atoms with Crippen LogP contribution in [0.25, 0.3) is 28.2 Å². The highest BCUT2D eigenvalue weighted by Gasteiger charge is 2.36. The maximum Gasteiger partial charge on any atom is 0.338 e. The maximum atomic E-state index is 14.4. The lowest BCUT2D eigenvalue weighted by atomic mass is 9.90. The number of methoxy groups -OCH3 is 1. The fourth-order valence-electron chi connectivity index (χ4n) is 6.34. The van der Waals surface area contributed by atoms with E-state index in [1.165, 1.54) is 11.3 Å². The fourth-order valence-corrected chi connectivity index (χ4v) is 7.37. The van der Waals surface area contributed by atoms with E-state index < -0.39 is 6.04 Å². The predicted molar refractivity (Wildman–Crippen MR) is 192 cm³/mol. The van der Waals surface area contributed by atoms with Gasteiger partial charge in [-0.05, 0) is 88.2 Å². The number of furan rings is 1. The normalized spacial score (nSPS) is 14.6. The molecule has 0 N–H and O–H groups in total. The van der Waals surface area contributed by atoms with Crippen LogP contribution in [0.15, 0.2) is 92.2 Å². The summed E-state index contributed by atoms with van der Waals surface area (Å²) in [5.41, 5.74) is 3.57. The van der Waals surface area contributed by atoms with Crippen molar-refractivity contribution in [3.05, 3.63) is 120 Å². The largest absolute Gasteiger partial charge is 0.496 e. The Hall–Kier alpha value is -5.22. The van der Waals surface area contributed by atoms with Gasteiger partial charge in [-0.2, -0.15) is 0 Å². The van der Waals surface area contributed by atoms with Gasteiger partial charge in [0.2, 0.25) is 0 Å². The number of esters is 1. The summed E-state index contributed by atoms with van der Waals surface area (Å²) in [6.45, 7) is 12.3. The number of hydrogen-bond acceptors (Lipinski definition) is 8. The number of nitrogens with zero attached hydrogens (tertiary/aromatic N) is 3. The summed E-state index contributed by atoms with van der Waals surface area (Å²) in [4.78, 5) is 48.1. The number of benzene rings is 3. The van der Waals surface area contributed by atoms with Crippen LogP contribution in [-0.4, -0.2) is 47.6 Å². The van der Waals surface area contributed by atoms with Crippen LogP contribution in [0.5, 0.6) is 5.75 Å². The Labute approximate surface area is 288 Å². The summed E-state index contributed by atoms with van der Waals surface area (Å²) in [5.74, 6) is 1.11. The zero-order chi connectivity index (χ0) is 35.0. The van der Waals surface area contributed by atoms with Crippen molar-refractivity contribution in [2.45, 2.75) is 53.7 Å². The molecule has 1 atom stereocenters. The van der Waals surface area contributed by atoms with Crippen LogP contribution < -0.4 is 19.6 Å². The molecule has 1 amide bonds. The van der Waals surface area contributed by atoms with Crippen LogP contribution in [0.1, 0.15) is 67.9 Å². The number of aromatic nitrogens is 1. The number of carbonyl (C=O) groups excluding carboxylic acids is 2. The second-order valence-corrected chi connectivity index (χ2v) is 13.2. The molecule has 3 aromatic carbocycles. The Morgan fingerprint density at radius 1 is 1.04 bits per heavy atom. The van der Waals surface area contributed by atoms with Gasteiger partial charge < -0.3 is 18.8 Å². The minimum absolute atomic E-state index is 0.171. The Morgan fingerprint density at radius 3 is 2.49 bits per heavy atom. The van der Waals surface area contributed by atoms with E-state index in [1.54, 1.807) is 40.9 Å². The first kappa shape index (κ1) is 33.7. The average Bonchev–Trinajstić information content (AvgIpc) is 3.67. The van der Waals surface area contributed by atoms with Crippen molar-refractivity contribution in [3.8, 4) is 17.1 Å². The van der Waals surface area contributed by atoms with Gasteiger partial charge in [-0.1, -0.05) is 47.7 Å². The monoisotopic (exact) mass is 677 g/mol. The molecule has 2 aromatic heterocycles. The lowest BCUT2D eigenvalue weighted by molar-refractivity contribution is -0.127. The van der Waals surface area contributed by atoms with E-state index in [1.807, 2.05) is 90.1 Å². The molecule has 0 saturated heterocycles. The van der Waals surface area contributed by atoms with Crippen LogP contribution >= 0.6 is 11.3 Å². The third kappa shape index (κ3) is 6.24. The van der Waals surface area contributed by atoms with Crippen molar-refractivity contribution in [1.82, 2.24) is 9.47 Å². The van der Waals surface area contributed by atoms with Crippen LogP contribution in [0.3, 0.4) is 0 Å². The molecule has 9 nitrogen and oxygen atoms in total. The van der Waals surface area contributed by atoms with Crippen molar-refractivity contribution in [2.24, 2.45) is 4.99 Å². The van der Waals surface area contributed by atoms with Gasteiger partial charge in [0, 0.05) is 30.3 Å². The predicted octanol–water partition coefficient (Wildman–Crippen LogP) is 6.40. The minimum Gasteiger partial charge on any atom is -0.496 e. The summed E-state index contributed by atoms with van der Waals surface area (Å²) < 4.78 is 19.5. The van der Waals surface area contributed by atoms with Crippen molar-refractivity contribution in [3.63, 3.8) is 0 Å².